The van der Waals surface area contributed by atoms with Gasteiger partial charge in [-0.05, 0) is 50.0 Å². The molecule has 2 aromatic carbocycles. The molecular formula is C27H28FN5O4S. The number of nitrogens with one attached hydrogen (secondary N) is 1. The molecule has 3 aromatic rings. The van der Waals surface area contributed by atoms with Gasteiger partial charge in [-0.1, -0.05) is 24.3 Å². The molecule has 1 aromatic heterocycles. The van der Waals surface area contributed by atoms with Gasteiger partial charge in [0.2, 0.25) is 0 Å². The summed E-state index contributed by atoms with van der Waals surface area (Å²) in [5, 5.41) is 0. The second kappa shape index (κ2) is 11.4. The number of rotatable bonds is 8. The van der Waals surface area contributed by atoms with Crippen molar-refractivity contribution in [2.45, 2.75) is 11.8 Å². The van der Waals surface area contributed by atoms with Crippen molar-refractivity contribution < 1.29 is 22.3 Å². The van der Waals surface area contributed by atoms with Crippen LogP contribution in [0.15, 0.2) is 70.7 Å². The number of carbonyl (C=O) groups is 1. The van der Waals surface area contributed by atoms with Crippen LogP contribution in [0, 0.1) is 5.82 Å². The minimum atomic E-state index is -4.19. The van der Waals surface area contributed by atoms with Gasteiger partial charge in [0, 0.05) is 43.5 Å². The summed E-state index contributed by atoms with van der Waals surface area (Å²) in [5.41, 5.74) is 0.569. The van der Waals surface area contributed by atoms with Gasteiger partial charge in [-0.3, -0.25) is 14.5 Å². The number of hydrogen-bond donors (Lipinski definition) is 1. The predicted molar refractivity (Wildman–Crippen MR) is 146 cm³/mol. The second-order valence-corrected chi connectivity index (χ2v) is 10.1. The van der Waals surface area contributed by atoms with Gasteiger partial charge in [0.05, 0.1) is 18.5 Å². The second-order valence-electron chi connectivity index (χ2n) is 8.46. The lowest BCUT2D eigenvalue weighted by Crippen LogP contribution is -2.49. The number of carbonyl (C=O) groups excluding carboxylic acids is 1. The Kier molecular flexibility index (Phi) is 8.06. The number of hydrogen-bond acceptors (Lipinski definition) is 7. The number of pyridine rings is 1. The van der Waals surface area contributed by atoms with Crippen LogP contribution >= 0.6 is 0 Å². The molecule has 0 saturated carbocycles. The van der Waals surface area contributed by atoms with Crippen LogP contribution in [0.2, 0.25) is 0 Å². The van der Waals surface area contributed by atoms with Crippen molar-refractivity contribution in [1.82, 2.24) is 9.88 Å². The lowest BCUT2D eigenvalue weighted by molar-refractivity contribution is 0.0746. The topological polar surface area (TPSA) is 104 Å². The molecule has 0 aliphatic carbocycles. The standard InChI is InChI=1S/C27H28FN5O4S/c1-4-7-19-8-5-10-24(25(19)29-2)38(35,36)31-22-12-11-20(18-21(22)28)27(34)33-16-14-32(15-17-33)26-23(37-3)9-6-13-30-26/h4-13,18,31H,2,14-17H2,1,3H3/b7-4-. The molecule has 0 unspecified atom stereocenters. The Morgan fingerprint density at radius 3 is 2.58 bits per heavy atom. The predicted octanol–water partition coefficient (Wildman–Crippen LogP) is 4.36. The monoisotopic (exact) mass is 537 g/mol. The van der Waals surface area contributed by atoms with Gasteiger partial charge >= 0.3 is 0 Å². The first-order valence-electron chi connectivity index (χ1n) is 11.9. The van der Waals surface area contributed by atoms with Crippen molar-refractivity contribution in [3.63, 3.8) is 0 Å². The van der Waals surface area contributed by atoms with E-state index in [1.54, 1.807) is 55.5 Å². The van der Waals surface area contributed by atoms with Crippen molar-refractivity contribution in [2.24, 2.45) is 4.99 Å². The lowest BCUT2D eigenvalue weighted by Gasteiger charge is -2.35. The number of nitrogens with zero attached hydrogens (tertiary/aromatic N) is 4. The molecular weight excluding hydrogens is 509 g/mol. The summed E-state index contributed by atoms with van der Waals surface area (Å²) < 4.78 is 48.8. The van der Waals surface area contributed by atoms with Crippen LogP contribution in [0.4, 0.5) is 21.6 Å². The maximum absolute atomic E-state index is 15.0. The number of sulfonamides is 1. The lowest BCUT2D eigenvalue weighted by atomic mass is 10.1. The summed E-state index contributed by atoms with van der Waals surface area (Å²) >= 11 is 0. The number of amides is 1. The number of allylic oxidation sites excluding steroid dienone is 1. The Hall–Kier alpha value is -4.25. The largest absolute Gasteiger partial charge is 0.493 e. The highest BCUT2D eigenvalue weighted by atomic mass is 32.2. The molecule has 1 N–H and O–H groups in total. The van der Waals surface area contributed by atoms with Gasteiger partial charge < -0.3 is 14.5 Å². The van der Waals surface area contributed by atoms with E-state index in [-0.39, 0.29) is 27.7 Å². The van der Waals surface area contributed by atoms with Gasteiger partial charge in [-0.25, -0.2) is 17.8 Å². The molecule has 0 radical (unpaired) electrons. The van der Waals surface area contributed by atoms with Crippen LogP contribution in [0.25, 0.3) is 6.08 Å². The first-order chi connectivity index (χ1) is 18.3. The van der Waals surface area contributed by atoms with Crippen molar-refractivity contribution in [2.75, 3.05) is 42.9 Å². The Bertz CT molecular complexity index is 1480. The van der Waals surface area contributed by atoms with E-state index in [0.717, 1.165) is 6.07 Å². The number of aliphatic imine (C=N–C) groups is 1. The number of benzene rings is 2. The van der Waals surface area contributed by atoms with Gasteiger partial charge in [0.15, 0.2) is 11.6 Å². The molecule has 9 nitrogen and oxygen atoms in total. The highest BCUT2D eigenvalue weighted by Gasteiger charge is 2.26. The zero-order valence-corrected chi connectivity index (χ0v) is 21.9. The van der Waals surface area contributed by atoms with E-state index < -0.39 is 15.8 Å². The van der Waals surface area contributed by atoms with Crippen LogP contribution in [0.1, 0.15) is 22.8 Å². The number of anilines is 2. The van der Waals surface area contributed by atoms with Crippen LogP contribution < -0.4 is 14.4 Å². The molecule has 1 saturated heterocycles. The summed E-state index contributed by atoms with van der Waals surface area (Å²) in [5.74, 6) is 0.143. The van der Waals surface area contributed by atoms with E-state index >= 15 is 0 Å². The van der Waals surface area contributed by atoms with Crippen molar-refractivity contribution in [3.05, 3.63) is 77.7 Å². The third kappa shape index (κ3) is 5.52. The Morgan fingerprint density at radius 1 is 1.16 bits per heavy atom. The summed E-state index contributed by atoms with van der Waals surface area (Å²) in [7, 11) is -2.61. The zero-order chi connectivity index (χ0) is 27.3. The fourth-order valence-corrected chi connectivity index (χ4v) is 5.51. The van der Waals surface area contributed by atoms with Crippen molar-refractivity contribution in [3.8, 4) is 5.75 Å². The van der Waals surface area contributed by atoms with Gasteiger partial charge in [-0.15, -0.1) is 0 Å². The number of piperazine rings is 1. The van der Waals surface area contributed by atoms with Gasteiger partial charge in [0.1, 0.15) is 10.7 Å². The van der Waals surface area contributed by atoms with Crippen LogP contribution in [0.3, 0.4) is 0 Å². The summed E-state index contributed by atoms with van der Waals surface area (Å²) in [6, 6.07) is 11.9. The van der Waals surface area contributed by atoms with E-state index in [1.165, 1.54) is 18.2 Å². The number of ether oxygens (including phenoxy) is 1. The van der Waals surface area contributed by atoms with E-state index in [4.69, 9.17) is 4.74 Å². The molecule has 0 spiro atoms. The number of halogens is 1. The van der Waals surface area contributed by atoms with Crippen molar-refractivity contribution >= 4 is 45.9 Å². The molecule has 1 fully saturated rings. The fraction of sp³-hybridized carbons (Fsp3) is 0.222. The summed E-state index contributed by atoms with van der Waals surface area (Å²) in [6.45, 7) is 7.16. The van der Waals surface area contributed by atoms with Crippen molar-refractivity contribution in [1.29, 1.82) is 0 Å². The number of aromatic nitrogens is 1. The minimum absolute atomic E-state index is 0.123. The van der Waals surface area contributed by atoms with E-state index in [1.807, 2.05) is 11.0 Å². The maximum Gasteiger partial charge on any atom is 0.264 e. The first kappa shape index (κ1) is 26.8. The van der Waals surface area contributed by atoms with Gasteiger partial charge in [-0.2, -0.15) is 0 Å². The smallest absolute Gasteiger partial charge is 0.264 e. The number of methoxy groups -OCH3 is 1. The molecule has 4 rings (SSSR count). The minimum Gasteiger partial charge on any atom is -0.493 e. The SMILES string of the molecule is C=Nc1c(/C=C\C)cccc1S(=O)(=O)Nc1ccc(C(=O)N2CCN(c3ncccc3OC)CC2)cc1F. The quantitative estimate of drug-likeness (QED) is 0.429. The third-order valence-corrected chi connectivity index (χ3v) is 7.52. The zero-order valence-electron chi connectivity index (χ0n) is 21.1. The molecule has 1 aliphatic heterocycles. The Balaban J connectivity index is 1.48. The highest BCUT2D eigenvalue weighted by Crippen LogP contribution is 2.31. The Labute approximate surface area is 221 Å². The molecule has 1 aliphatic rings. The van der Waals surface area contributed by atoms with E-state index in [0.29, 0.717) is 43.3 Å². The van der Waals surface area contributed by atoms with E-state index in [9.17, 15) is 17.6 Å². The summed E-state index contributed by atoms with van der Waals surface area (Å²) in [6.07, 6.45) is 5.14. The molecule has 11 heteroatoms. The van der Waals surface area contributed by atoms with Crippen LogP contribution in [0.5, 0.6) is 5.75 Å². The van der Waals surface area contributed by atoms with Crippen LogP contribution in [-0.2, 0) is 10.0 Å². The van der Waals surface area contributed by atoms with Gasteiger partial charge in [0.25, 0.3) is 15.9 Å². The molecule has 1 amide bonds. The average Bonchev–Trinajstić information content (AvgIpc) is 2.93. The van der Waals surface area contributed by atoms with Crippen LogP contribution in [-0.4, -0.2) is 64.2 Å². The first-order valence-corrected chi connectivity index (χ1v) is 13.4. The maximum atomic E-state index is 15.0. The summed E-state index contributed by atoms with van der Waals surface area (Å²) in [4.78, 5) is 24.8. The fourth-order valence-electron chi connectivity index (χ4n) is 4.25. The number of para-hydroxylation sites is 1. The van der Waals surface area contributed by atoms with E-state index in [2.05, 4.69) is 21.4 Å². The molecule has 38 heavy (non-hydrogen) atoms. The molecule has 0 atom stereocenters. The molecule has 0 bridgehead atoms. The molecule has 2 heterocycles. The third-order valence-electron chi connectivity index (χ3n) is 6.12. The molecule has 198 valence electrons. The average molecular weight is 538 g/mol. The normalized spacial score (nSPS) is 14.0. The Morgan fingerprint density at radius 2 is 1.92 bits per heavy atom. The highest BCUT2D eigenvalue weighted by molar-refractivity contribution is 7.92.